The predicted molar refractivity (Wildman–Crippen MR) is 120 cm³/mol. The number of furan rings is 1. The quantitative estimate of drug-likeness (QED) is 0.408. The van der Waals surface area contributed by atoms with E-state index in [0.29, 0.717) is 29.7 Å². The molecule has 0 aromatic carbocycles. The smallest absolute Gasteiger partial charge is 0.276 e. The van der Waals surface area contributed by atoms with Crippen LogP contribution in [0, 0.1) is 13.8 Å². The molecule has 0 saturated carbocycles. The van der Waals surface area contributed by atoms with Crippen LogP contribution in [-0.2, 0) is 19.8 Å². The Morgan fingerprint density at radius 2 is 1.94 bits per heavy atom. The van der Waals surface area contributed by atoms with E-state index in [9.17, 15) is 9.59 Å². The van der Waals surface area contributed by atoms with Crippen molar-refractivity contribution in [3.05, 3.63) is 70.4 Å². The normalized spacial score (nSPS) is 11.0. The first kappa shape index (κ1) is 22.3. The van der Waals surface area contributed by atoms with Crippen LogP contribution >= 0.6 is 11.6 Å². The number of anilines is 1. The molecule has 0 saturated heterocycles. The predicted octanol–water partition coefficient (Wildman–Crippen LogP) is 2.85. The lowest BCUT2D eigenvalue weighted by Crippen LogP contribution is -2.25. The molecule has 0 atom stereocenters. The highest BCUT2D eigenvalue weighted by molar-refractivity contribution is 6.31. The summed E-state index contributed by atoms with van der Waals surface area (Å²) in [4.78, 5) is 25.5. The first-order valence-corrected chi connectivity index (χ1v) is 10.7. The third kappa shape index (κ3) is 4.82. The van der Waals surface area contributed by atoms with Crippen molar-refractivity contribution in [2.45, 2.75) is 40.5 Å². The molecule has 0 spiro atoms. The Balaban J connectivity index is 1.46. The molecule has 0 bridgehead atoms. The van der Waals surface area contributed by atoms with Crippen LogP contribution in [-0.4, -0.2) is 41.2 Å². The maximum absolute atomic E-state index is 12.8. The lowest BCUT2D eigenvalue weighted by atomic mass is 10.3. The van der Waals surface area contributed by atoms with Gasteiger partial charge in [0.05, 0.1) is 34.9 Å². The first-order chi connectivity index (χ1) is 15.9. The van der Waals surface area contributed by atoms with E-state index in [1.54, 1.807) is 44.6 Å². The first-order valence-electron chi connectivity index (χ1n) is 10.3. The van der Waals surface area contributed by atoms with Crippen LogP contribution in [0.3, 0.4) is 0 Å². The van der Waals surface area contributed by atoms with Gasteiger partial charge in [0.1, 0.15) is 12.4 Å². The van der Waals surface area contributed by atoms with Crippen molar-refractivity contribution in [3.8, 4) is 0 Å². The number of carbonyl (C=O) groups is 2. The summed E-state index contributed by atoms with van der Waals surface area (Å²) in [6.07, 6.45) is 4.81. The summed E-state index contributed by atoms with van der Waals surface area (Å²) in [6, 6.07) is 5.08. The number of aromatic nitrogens is 6. The fraction of sp³-hybridized carbons (Fsp3) is 0.286. The number of nitrogens with zero attached hydrogens (tertiary/aromatic N) is 6. The van der Waals surface area contributed by atoms with Crippen molar-refractivity contribution in [3.63, 3.8) is 0 Å². The molecule has 4 rings (SSSR count). The second-order valence-electron chi connectivity index (χ2n) is 7.33. The zero-order valence-electron chi connectivity index (χ0n) is 18.4. The Morgan fingerprint density at radius 1 is 1.12 bits per heavy atom. The third-order valence-corrected chi connectivity index (χ3v) is 5.54. The summed E-state index contributed by atoms with van der Waals surface area (Å²) >= 11 is 6.19. The molecule has 0 aliphatic rings. The highest BCUT2D eigenvalue weighted by Crippen LogP contribution is 2.19. The van der Waals surface area contributed by atoms with E-state index in [4.69, 9.17) is 16.0 Å². The van der Waals surface area contributed by atoms with Crippen LogP contribution in [0.2, 0.25) is 5.02 Å². The molecule has 4 heterocycles. The minimum absolute atomic E-state index is 0.105. The number of aryl methyl sites for hydroxylation is 2. The molecule has 0 radical (unpaired) electrons. The van der Waals surface area contributed by atoms with Gasteiger partial charge in [0.15, 0.2) is 11.4 Å². The highest BCUT2D eigenvalue weighted by atomic mass is 35.5. The summed E-state index contributed by atoms with van der Waals surface area (Å²) in [5.41, 5.74) is 2.12. The molecule has 4 aromatic heterocycles. The molecule has 0 aliphatic heterocycles. The molecule has 172 valence electrons. The third-order valence-electron chi connectivity index (χ3n) is 5.00. The highest BCUT2D eigenvalue weighted by Gasteiger charge is 2.20. The van der Waals surface area contributed by atoms with Crippen molar-refractivity contribution in [2.24, 2.45) is 0 Å². The lowest BCUT2D eigenvalue weighted by Gasteiger charge is -2.05. The number of hydrogen-bond acceptors (Lipinski definition) is 6. The zero-order chi connectivity index (χ0) is 23.5. The van der Waals surface area contributed by atoms with E-state index in [1.807, 2.05) is 20.8 Å². The Kier molecular flexibility index (Phi) is 6.31. The largest absolute Gasteiger partial charge is 0.467 e. The second-order valence-corrected chi connectivity index (χ2v) is 7.71. The monoisotopic (exact) mass is 470 g/mol. The van der Waals surface area contributed by atoms with Crippen molar-refractivity contribution in [1.82, 2.24) is 34.7 Å². The van der Waals surface area contributed by atoms with Crippen LogP contribution in [0.25, 0.3) is 0 Å². The van der Waals surface area contributed by atoms with Gasteiger partial charge < -0.3 is 15.1 Å². The van der Waals surface area contributed by atoms with Crippen LogP contribution in [0.5, 0.6) is 0 Å². The van der Waals surface area contributed by atoms with Crippen molar-refractivity contribution >= 4 is 29.1 Å². The maximum atomic E-state index is 12.8. The molecule has 4 aromatic rings. The van der Waals surface area contributed by atoms with Crippen LogP contribution in [0.15, 0.2) is 41.3 Å². The lowest BCUT2D eigenvalue weighted by molar-refractivity contribution is 0.0943. The minimum Gasteiger partial charge on any atom is -0.467 e. The fourth-order valence-electron chi connectivity index (χ4n) is 3.20. The van der Waals surface area contributed by atoms with Crippen molar-refractivity contribution < 1.29 is 14.0 Å². The molecule has 11 nitrogen and oxygen atoms in total. The van der Waals surface area contributed by atoms with Gasteiger partial charge in [0, 0.05) is 18.9 Å². The van der Waals surface area contributed by atoms with Crippen LogP contribution in [0.4, 0.5) is 5.69 Å². The molecule has 0 fully saturated rings. The molecular weight excluding hydrogens is 448 g/mol. The van der Waals surface area contributed by atoms with Crippen molar-refractivity contribution in [2.75, 3.05) is 5.32 Å². The molecule has 2 amide bonds. The number of halogens is 1. The number of rotatable bonds is 8. The summed E-state index contributed by atoms with van der Waals surface area (Å²) in [7, 11) is 0. The molecule has 33 heavy (non-hydrogen) atoms. The van der Waals surface area contributed by atoms with Gasteiger partial charge in [-0.2, -0.15) is 15.3 Å². The second kappa shape index (κ2) is 9.33. The summed E-state index contributed by atoms with van der Waals surface area (Å²) in [5.74, 6) is -0.282. The average molecular weight is 471 g/mol. The van der Waals surface area contributed by atoms with Crippen LogP contribution < -0.4 is 10.6 Å². The van der Waals surface area contributed by atoms with Gasteiger partial charge in [-0.15, -0.1) is 0 Å². The molecule has 0 aliphatic carbocycles. The number of nitrogens with one attached hydrogen (secondary N) is 2. The van der Waals surface area contributed by atoms with E-state index in [1.165, 1.54) is 6.26 Å². The van der Waals surface area contributed by atoms with Crippen molar-refractivity contribution in [1.29, 1.82) is 0 Å². The van der Waals surface area contributed by atoms with Gasteiger partial charge in [-0.1, -0.05) is 11.6 Å². The maximum Gasteiger partial charge on any atom is 0.276 e. The molecule has 12 heteroatoms. The van der Waals surface area contributed by atoms with Gasteiger partial charge in [-0.3, -0.25) is 19.0 Å². The Hall–Kier alpha value is -3.86. The topological polar surface area (TPSA) is 125 Å². The fourth-order valence-corrected chi connectivity index (χ4v) is 3.34. The zero-order valence-corrected chi connectivity index (χ0v) is 19.1. The average Bonchev–Trinajstić information content (AvgIpc) is 3.59. The molecular formula is C21H23ClN8O3. The van der Waals surface area contributed by atoms with E-state index in [2.05, 4.69) is 25.9 Å². The van der Waals surface area contributed by atoms with E-state index >= 15 is 0 Å². The number of amides is 2. The van der Waals surface area contributed by atoms with Gasteiger partial charge in [0.25, 0.3) is 11.8 Å². The van der Waals surface area contributed by atoms with Gasteiger partial charge >= 0.3 is 0 Å². The molecule has 0 unspecified atom stereocenters. The van der Waals surface area contributed by atoms with E-state index < -0.39 is 11.8 Å². The summed E-state index contributed by atoms with van der Waals surface area (Å²) in [5, 5.41) is 19.0. The Labute approximate surface area is 194 Å². The van der Waals surface area contributed by atoms with Gasteiger partial charge in [-0.25, -0.2) is 4.68 Å². The molecule has 2 N–H and O–H groups in total. The summed E-state index contributed by atoms with van der Waals surface area (Å²) < 4.78 is 10.1. The Morgan fingerprint density at radius 3 is 2.61 bits per heavy atom. The van der Waals surface area contributed by atoms with Gasteiger partial charge in [0.2, 0.25) is 0 Å². The SMILES string of the molecule is CCn1cc(NC(=O)c2ccn(Cn3nc(C)c(Cl)c3C)n2)c(C(=O)NCc2ccco2)n1. The van der Waals surface area contributed by atoms with Crippen LogP contribution in [0.1, 0.15) is 45.0 Å². The number of hydrogen-bond donors (Lipinski definition) is 2. The minimum atomic E-state index is -0.462. The van der Waals surface area contributed by atoms with Gasteiger partial charge in [-0.05, 0) is 39.0 Å². The Bertz CT molecular complexity index is 1290. The standard InChI is InChI=1S/C21H23ClN8O3/c1-4-28-11-17(19(27-28)21(32)23-10-15-6-5-9-33-15)24-20(31)16-7-8-29(26-16)12-30-14(3)18(22)13(2)25-30/h5-9,11H,4,10,12H2,1-3H3,(H,23,32)(H,24,31). The summed E-state index contributed by atoms with van der Waals surface area (Å²) in [6.45, 7) is 6.62. The number of carbonyl (C=O) groups excluding carboxylic acids is 2. The van der Waals surface area contributed by atoms with E-state index in [0.717, 1.165) is 11.4 Å². The van der Waals surface area contributed by atoms with E-state index in [-0.39, 0.29) is 17.9 Å².